The number of carbonyl (C=O) groups excluding carboxylic acids is 1. The van der Waals surface area contributed by atoms with Crippen molar-refractivity contribution in [2.75, 3.05) is 31.1 Å². The Morgan fingerprint density at radius 1 is 1.29 bits per heavy atom. The van der Waals surface area contributed by atoms with Crippen LogP contribution in [0.5, 0.6) is 0 Å². The van der Waals surface area contributed by atoms with E-state index >= 15 is 0 Å². The summed E-state index contributed by atoms with van der Waals surface area (Å²) in [5.74, 6) is 0.810. The molecule has 0 bridgehead atoms. The van der Waals surface area contributed by atoms with Crippen molar-refractivity contribution in [3.8, 4) is 0 Å². The predicted octanol–water partition coefficient (Wildman–Crippen LogP) is 3.53. The molecule has 1 aliphatic heterocycles. The van der Waals surface area contributed by atoms with E-state index in [4.69, 9.17) is 9.26 Å². The monoisotopic (exact) mass is 329 g/mol. The first kappa shape index (κ1) is 16.4. The summed E-state index contributed by atoms with van der Waals surface area (Å²) in [4.78, 5) is 16.0. The van der Waals surface area contributed by atoms with Gasteiger partial charge in [-0.05, 0) is 32.4 Å². The average molecular weight is 329 g/mol. The van der Waals surface area contributed by atoms with Gasteiger partial charge >= 0.3 is 6.09 Å². The minimum Gasteiger partial charge on any atom is -0.444 e. The summed E-state index contributed by atoms with van der Waals surface area (Å²) in [5, 5.41) is 5.20. The number of hydrogen-bond acceptors (Lipinski definition) is 5. The second-order valence-corrected chi connectivity index (χ2v) is 6.89. The highest BCUT2D eigenvalue weighted by atomic mass is 16.6. The van der Waals surface area contributed by atoms with E-state index in [1.807, 2.05) is 39.0 Å². The van der Waals surface area contributed by atoms with Crippen LogP contribution in [0.1, 0.15) is 26.3 Å². The molecule has 0 aliphatic carbocycles. The van der Waals surface area contributed by atoms with Gasteiger partial charge in [0.25, 0.3) is 0 Å². The van der Waals surface area contributed by atoms with Gasteiger partial charge in [0.15, 0.2) is 11.4 Å². The maximum atomic E-state index is 12.2. The molecule has 6 nitrogen and oxygen atoms in total. The number of piperazine rings is 1. The highest BCUT2D eigenvalue weighted by molar-refractivity contribution is 5.95. The Kier molecular flexibility index (Phi) is 4.22. The summed E-state index contributed by atoms with van der Waals surface area (Å²) < 4.78 is 10.9. The molecule has 0 atom stereocenters. The van der Waals surface area contributed by atoms with E-state index in [9.17, 15) is 4.79 Å². The summed E-state index contributed by atoms with van der Waals surface area (Å²) in [5.41, 5.74) is 1.27. The largest absolute Gasteiger partial charge is 0.444 e. The fraction of sp³-hybridized carbons (Fsp3) is 0.444. The maximum absolute atomic E-state index is 12.2. The fourth-order valence-electron chi connectivity index (χ4n) is 2.81. The lowest BCUT2D eigenvalue weighted by molar-refractivity contribution is 0.0240. The van der Waals surface area contributed by atoms with Crippen LogP contribution in [0.25, 0.3) is 17.0 Å². The number of hydrogen-bond donors (Lipinski definition) is 0. The number of fused-ring (bicyclic) bond motifs is 1. The van der Waals surface area contributed by atoms with E-state index in [-0.39, 0.29) is 6.09 Å². The van der Waals surface area contributed by atoms with Gasteiger partial charge in [-0.1, -0.05) is 29.9 Å². The number of ether oxygens (including phenoxy) is 1. The first-order chi connectivity index (χ1) is 11.4. The number of amides is 1. The van der Waals surface area contributed by atoms with Crippen LogP contribution in [0.3, 0.4) is 0 Å². The van der Waals surface area contributed by atoms with Crippen LogP contribution in [0.4, 0.5) is 10.6 Å². The SMILES string of the molecule is C=Cc1cccc2onc(N3CCN(C(=O)OC(C)(C)C)CC3)c12. The molecule has 1 aliphatic rings. The van der Waals surface area contributed by atoms with Crippen molar-refractivity contribution in [3.05, 3.63) is 30.3 Å². The van der Waals surface area contributed by atoms with Crippen molar-refractivity contribution in [1.29, 1.82) is 0 Å². The van der Waals surface area contributed by atoms with E-state index in [0.717, 1.165) is 22.4 Å². The molecule has 1 amide bonds. The van der Waals surface area contributed by atoms with Gasteiger partial charge in [0.2, 0.25) is 0 Å². The zero-order chi connectivity index (χ0) is 17.3. The Morgan fingerprint density at radius 2 is 2.00 bits per heavy atom. The molecule has 0 radical (unpaired) electrons. The lowest BCUT2D eigenvalue weighted by Gasteiger charge is -2.35. The normalized spacial score (nSPS) is 15.6. The molecule has 24 heavy (non-hydrogen) atoms. The number of nitrogens with zero attached hydrogens (tertiary/aromatic N) is 3. The second-order valence-electron chi connectivity index (χ2n) is 6.89. The van der Waals surface area contributed by atoms with Gasteiger partial charge in [-0.2, -0.15) is 0 Å². The molecule has 6 heteroatoms. The molecule has 0 saturated carbocycles. The molecule has 3 rings (SSSR count). The number of benzene rings is 1. The Morgan fingerprint density at radius 3 is 2.62 bits per heavy atom. The van der Waals surface area contributed by atoms with Crippen LogP contribution in [0.15, 0.2) is 29.3 Å². The molecule has 1 fully saturated rings. The van der Waals surface area contributed by atoms with Gasteiger partial charge in [0.1, 0.15) is 5.60 Å². The third kappa shape index (κ3) is 3.22. The molecular formula is C18H23N3O3. The van der Waals surface area contributed by atoms with Crippen LogP contribution in [-0.2, 0) is 4.74 Å². The van der Waals surface area contributed by atoms with Gasteiger partial charge in [0, 0.05) is 26.2 Å². The maximum Gasteiger partial charge on any atom is 0.410 e. The minimum atomic E-state index is -0.477. The highest BCUT2D eigenvalue weighted by Gasteiger charge is 2.28. The Hall–Kier alpha value is -2.50. The molecule has 128 valence electrons. The zero-order valence-electron chi connectivity index (χ0n) is 14.4. The van der Waals surface area contributed by atoms with Gasteiger partial charge < -0.3 is 19.1 Å². The van der Waals surface area contributed by atoms with Crippen LogP contribution < -0.4 is 4.90 Å². The van der Waals surface area contributed by atoms with Gasteiger partial charge in [-0.25, -0.2) is 4.79 Å². The molecule has 1 aromatic carbocycles. The molecule has 0 N–H and O–H groups in total. The minimum absolute atomic E-state index is 0.265. The molecular weight excluding hydrogens is 306 g/mol. The van der Waals surface area contributed by atoms with Crippen LogP contribution >= 0.6 is 0 Å². The first-order valence-electron chi connectivity index (χ1n) is 8.13. The smallest absolute Gasteiger partial charge is 0.410 e. The number of aromatic nitrogens is 1. The van der Waals surface area contributed by atoms with Gasteiger partial charge in [-0.15, -0.1) is 0 Å². The van der Waals surface area contributed by atoms with E-state index in [0.29, 0.717) is 26.2 Å². The van der Waals surface area contributed by atoms with Crippen LogP contribution in [0, 0.1) is 0 Å². The van der Waals surface area contributed by atoms with Crippen molar-refractivity contribution < 1.29 is 14.1 Å². The molecule has 0 unspecified atom stereocenters. The van der Waals surface area contributed by atoms with Crippen molar-refractivity contribution in [3.63, 3.8) is 0 Å². The lowest BCUT2D eigenvalue weighted by Crippen LogP contribution is -2.50. The van der Waals surface area contributed by atoms with Crippen molar-refractivity contribution >= 4 is 29.0 Å². The summed E-state index contributed by atoms with van der Waals surface area (Å²) in [6.45, 7) is 12.0. The summed E-state index contributed by atoms with van der Waals surface area (Å²) in [6.07, 6.45) is 1.54. The first-order valence-corrected chi connectivity index (χ1v) is 8.13. The summed E-state index contributed by atoms with van der Waals surface area (Å²) in [7, 11) is 0. The summed E-state index contributed by atoms with van der Waals surface area (Å²) in [6, 6.07) is 5.82. The molecule has 2 aromatic rings. The molecule has 0 spiro atoms. The van der Waals surface area contributed by atoms with Crippen molar-refractivity contribution in [2.45, 2.75) is 26.4 Å². The topological polar surface area (TPSA) is 58.8 Å². The zero-order valence-corrected chi connectivity index (χ0v) is 14.4. The highest BCUT2D eigenvalue weighted by Crippen LogP contribution is 2.30. The van der Waals surface area contributed by atoms with Gasteiger partial charge in [-0.3, -0.25) is 0 Å². The number of carbonyl (C=O) groups is 1. The third-order valence-electron chi connectivity index (χ3n) is 3.96. The van der Waals surface area contributed by atoms with Gasteiger partial charge in [0.05, 0.1) is 5.39 Å². The molecule has 1 aromatic heterocycles. The Labute approximate surface area is 141 Å². The number of anilines is 1. The number of rotatable bonds is 2. The quantitative estimate of drug-likeness (QED) is 0.843. The van der Waals surface area contributed by atoms with Crippen molar-refractivity contribution in [2.24, 2.45) is 0 Å². The standard InChI is InChI=1S/C18H23N3O3/c1-5-13-7-6-8-14-15(13)16(19-24-14)20-9-11-21(12-10-20)17(22)23-18(2,3)4/h5-8H,1,9-12H2,2-4H3. The predicted molar refractivity (Wildman–Crippen MR) is 94.1 cm³/mol. The average Bonchev–Trinajstić information content (AvgIpc) is 2.97. The lowest BCUT2D eigenvalue weighted by atomic mass is 10.1. The summed E-state index contributed by atoms with van der Waals surface area (Å²) >= 11 is 0. The van der Waals surface area contributed by atoms with E-state index in [1.54, 1.807) is 11.0 Å². The Balaban J connectivity index is 1.74. The van der Waals surface area contributed by atoms with E-state index in [2.05, 4.69) is 16.6 Å². The van der Waals surface area contributed by atoms with Crippen molar-refractivity contribution in [1.82, 2.24) is 10.1 Å². The molecule has 1 saturated heterocycles. The van der Waals surface area contributed by atoms with Crippen LogP contribution in [-0.4, -0.2) is 47.9 Å². The molecule has 2 heterocycles. The second kappa shape index (κ2) is 6.19. The third-order valence-corrected chi connectivity index (χ3v) is 3.96. The fourth-order valence-corrected chi connectivity index (χ4v) is 2.81. The van der Waals surface area contributed by atoms with Crippen LogP contribution in [0.2, 0.25) is 0 Å². The van der Waals surface area contributed by atoms with E-state index < -0.39 is 5.60 Å². The van der Waals surface area contributed by atoms with E-state index in [1.165, 1.54) is 0 Å². The Bertz CT molecular complexity index is 752.